The molecule has 0 atom stereocenters. The van der Waals surface area contributed by atoms with Gasteiger partial charge in [-0.15, -0.1) is 0 Å². The molecule has 2 aromatic heterocycles. The number of hydrogen-bond acceptors (Lipinski definition) is 2. The molecule has 3 aliphatic heterocycles. The second kappa shape index (κ2) is 21.3. The summed E-state index contributed by atoms with van der Waals surface area (Å²) in [5.74, 6) is 0. The molecule has 0 saturated heterocycles. The number of hydrogen-bond donors (Lipinski definition) is 0. The quantitative estimate of drug-likeness (QED) is 0.154. The summed E-state index contributed by atoms with van der Waals surface area (Å²) in [6, 6.07) is 67.3. The third-order valence-corrected chi connectivity index (χ3v) is 21.6. The summed E-state index contributed by atoms with van der Waals surface area (Å²) in [4.78, 5) is 4.47. The lowest BCUT2D eigenvalue weighted by molar-refractivity contribution is 0.590. The Morgan fingerprint density at radius 3 is 1.43 bits per heavy atom. The van der Waals surface area contributed by atoms with Gasteiger partial charge in [0.25, 0.3) is 0 Å². The standard InChI is InChI=1S/C91H74BN3S/c1-88(2,3)61-42-47-80-70(50-61)71-51-62(89(4,5)6)43-48-81(71)94(80)65-54-75-86-83(56-65)95(87-68(58-29-15-11-16-30-58)52-63(90(7,8)9)53-69(87)59-31-17-12-18-32-59)82-55-64(93-78-37-23-19-33-66(78)67-34-20-24-38-79(67)93)44-46-76(82)92(86)77-49-60(57-27-13-10-14-28-57)41-45-72(77)91(75)73-35-21-25-39-84(73)96-85-40-26-22-36-74(85)91/h10-56H,1-9H3/i10D,13D,14D,19D,20D,23D,24D,27D,28D,33D,34D,37D,38D. The Bertz CT molecular complexity index is 6240. The second-order valence-electron chi connectivity index (χ2n) is 29.1. The number of nitrogens with zero attached hydrogens (tertiary/aromatic N) is 3. The van der Waals surface area contributed by atoms with Gasteiger partial charge in [-0.25, -0.2) is 0 Å². The average Bonchev–Trinajstić information content (AvgIpc) is 0.965. The molecule has 15 aromatic rings. The Morgan fingerprint density at radius 2 is 0.865 bits per heavy atom. The predicted octanol–water partition coefficient (Wildman–Crippen LogP) is 22.2. The smallest absolute Gasteiger partial charge is 0.247 e. The fourth-order valence-electron chi connectivity index (χ4n) is 15.8. The number of para-hydroxylation sites is 2. The molecule has 3 nitrogen and oxygen atoms in total. The molecule has 5 heterocycles. The molecule has 0 radical (unpaired) electrons. The van der Waals surface area contributed by atoms with Gasteiger partial charge >= 0.3 is 0 Å². The van der Waals surface area contributed by atoms with Gasteiger partial charge in [0, 0.05) is 65.2 Å². The van der Waals surface area contributed by atoms with Gasteiger partial charge in [-0.1, -0.05) is 279 Å². The molecule has 0 bridgehead atoms. The Labute approximate surface area is 586 Å². The number of rotatable bonds is 6. The molecular weight excluding hydrogens is 1180 g/mol. The fraction of sp³-hybridized carbons (Fsp3) is 0.143. The zero-order chi connectivity index (χ0) is 76.5. The highest BCUT2D eigenvalue weighted by Gasteiger charge is 2.55. The Balaban J connectivity index is 1.10. The molecule has 0 saturated carbocycles. The van der Waals surface area contributed by atoms with Crippen molar-refractivity contribution in [2.24, 2.45) is 0 Å². The van der Waals surface area contributed by atoms with E-state index in [-0.39, 0.29) is 50.3 Å². The Morgan fingerprint density at radius 1 is 0.354 bits per heavy atom. The van der Waals surface area contributed by atoms with Gasteiger partial charge in [0.15, 0.2) is 0 Å². The van der Waals surface area contributed by atoms with Crippen LogP contribution in [0, 0.1) is 0 Å². The number of fused-ring (bicyclic) bond motifs is 16. The van der Waals surface area contributed by atoms with E-state index in [0.29, 0.717) is 16.9 Å². The first-order valence-corrected chi connectivity index (χ1v) is 33.8. The van der Waals surface area contributed by atoms with Gasteiger partial charge in [-0.05, 0) is 173 Å². The van der Waals surface area contributed by atoms with Crippen molar-refractivity contribution in [1.82, 2.24) is 9.13 Å². The van der Waals surface area contributed by atoms with E-state index in [1.165, 1.54) is 11.1 Å². The highest BCUT2D eigenvalue weighted by molar-refractivity contribution is 7.99. The molecule has 18 rings (SSSR count). The summed E-state index contributed by atoms with van der Waals surface area (Å²) < 4.78 is 126. The molecule has 1 spiro atoms. The SMILES string of the molecule is [2H]c1c([2H])c([2H])c(-c2ccc3c(c2)B2c4ccc(-n5c6c([2H])c([2H])c([2H])c([2H])c6c6c([2H])c([2H])c([2H])c([2H])c65)cc4N(c4c(-c5ccccc5)cc(C(C)(C)C)cc4-c4ccccc4)c4cc(-n5c6ccc(C(C)(C)C)cc6c6cc(C(C)(C)C)ccc65)cc(c42)C32c3ccccc3Sc3ccccc32)c([2H])c1[2H]. The Hall–Kier alpha value is -10.3. The molecule has 462 valence electrons. The third kappa shape index (κ3) is 8.75. The van der Waals surface area contributed by atoms with Crippen LogP contribution in [0.1, 0.15) is 119 Å². The zero-order valence-corrected chi connectivity index (χ0v) is 55.8. The lowest BCUT2D eigenvalue weighted by Crippen LogP contribution is -2.65. The van der Waals surface area contributed by atoms with Crippen LogP contribution in [0.15, 0.2) is 295 Å². The molecule has 0 aliphatic carbocycles. The normalized spacial score (nSPS) is 15.8. The van der Waals surface area contributed by atoms with E-state index in [1.807, 2.05) is 36.4 Å². The van der Waals surface area contributed by atoms with Crippen molar-refractivity contribution < 1.29 is 17.8 Å². The van der Waals surface area contributed by atoms with Crippen molar-refractivity contribution in [1.29, 1.82) is 0 Å². The van der Waals surface area contributed by atoms with Crippen LogP contribution >= 0.6 is 11.8 Å². The van der Waals surface area contributed by atoms with Gasteiger partial charge in [0.1, 0.15) is 0 Å². The van der Waals surface area contributed by atoms with Crippen molar-refractivity contribution in [3.63, 3.8) is 0 Å². The van der Waals surface area contributed by atoms with Crippen LogP contribution in [-0.2, 0) is 21.7 Å². The van der Waals surface area contributed by atoms with E-state index in [9.17, 15) is 11.0 Å². The number of anilines is 3. The van der Waals surface area contributed by atoms with Crippen LogP contribution in [0.4, 0.5) is 17.1 Å². The maximum atomic E-state index is 9.89. The van der Waals surface area contributed by atoms with Crippen molar-refractivity contribution in [2.75, 3.05) is 4.90 Å². The first kappa shape index (κ1) is 45.9. The highest BCUT2D eigenvalue weighted by Crippen LogP contribution is 2.59. The molecule has 96 heavy (non-hydrogen) atoms. The maximum Gasteiger partial charge on any atom is 0.247 e. The van der Waals surface area contributed by atoms with Gasteiger partial charge in [-0.2, -0.15) is 0 Å². The molecule has 0 fully saturated rings. The summed E-state index contributed by atoms with van der Waals surface area (Å²) in [5, 5.41) is 2.08. The van der Waals surface area contributed by atoms with E-state index in [4.69, 9.17) is 6.85 Å². The lowest BCUT2D eigenvalue weighted by Gasteiger charge is -2.51. The number of benzene rings is 13. The van der Waals surface area contributed by atoms with E-state index in [1.54, 1.807) is 16.3 Å². The summed E-state index contributed by atoms with van der Waals surface area (Å²) >= 11 is 1.72. The van der Waals surface area contributed by atoms with Gasteiger partial charge < -0.3 is 14.0 Å². The predicted molar refractivity (Wildman–Crippen MR) is 409 cm³/mol. The van der Waals surface area contributed by atoms with Crippen molar-refractivity contribution in [3.8, 4) is 44.8 Å². The van der Waals surface area contributed by atoms with Crippen LogP contribution in [0.25, 0.3) is 88.4 Å². The average molecular weight is 1270 g/mol. The van der Waals surface area contributed by atoms with Gasteiger partial charge in [0.05, 0.1) is 51.0 Å². The summed E-state index contributed by atoms with van der Waals surface area (Å²) in [7, 11) is 0. The number of aromatic nitrogens is 2. The van der Waals surface area contributed by atoms with Crippen LogP contribution in [0.3, 0.4) is 0 Å². The molecular formula is C91H74BN3S. The van der Waals surface area contributed by atoms with Crippen LogP contribution < -0.4 is 21.3 Å². The van der Waals surface area contributed by atoms with Crippen molar-refractivity contribution in [2.45, 2.75) is 93.8 Å². The van der Waals surface area contributed by atoms with Gasteiger partial charge in [0.2, 0.25) is 6.71 Å². The van der Waals surface area contributed by atoms with Crippen molar-refractivity contribution >= 4 is 95.5 Å². The second-order valence-corrected chi connectivity index (χ2v) is 30.2. The third-order valence-electron chi connectivity index (χ3n) is 20.4. The highest BCUT2D eigenvalue weighted by atomic mass is 32.2. The Kier molecular flexibility index (Phi) is 10.2. The topological polar surface area (TPSA) is 13.1 Å². The molecule has 13 aromatic carbocycles. The first-order chi connectivity index (χ1) is 51.9. The summed E-state index contributed by atoms with van der Waals surface area (Å²) in [6.45, 7) is 19.4. The van der Waals surface area contributed by atoms with E-state index >= 15 is 0 Å². The molecule has 5 heteroatoms. The van der Waals surface area contributed by atoms with E-state index in [0.717, 1.165) is 115 Å². The lowest BCUT2D eigenvalue weighted by atomic mass is 9.29. The fourth-order valence-corrected chi connectivity index (χ4v) is 17.0. The van der Waals surface area contributed by atoms with E-state index < -0.39 is 84.0 Å². The molecule has 0 N–H and O–H groups in total. The van der Waals surface area contributed by atoms with E-state index in [2.05, 4.69) is 242 Å². The largest absolute Gasteiger partial charge is 0.310 e. The maximum absolute atomic E-state index is 9.89. The minimum absolute atomic E-state index is 0.0268. The zero-order valence-electron chi connectivity index (χ0n) is 68.0. The van der Waals surface area contributed by atoms with Crippen molar-refractivity contribution in [3.05, 3.63) is 324 Å². The van der Waals surface area contributed by atoms with Crippen LogP contribution in [0.5, 0.6) is 0 Å². The summed E-state index contributed by atoms with van der Waals surface area (Å²) in [6.07, 6.45) is 0. The minimum atomic E-state index is -1.17. The molecule has 0 unspecified atom stereocenters. The minimum Gasteiger partial charge on any atom is -0.310 e. The monoisotopic (exact) mass is 1260 g/mol. The molecule has 0 amide bonds. The molecule has 3 aliphatic rings. The van der Waals surface area contributed by atoms with Crippen LogP contribution in [-0.4, -0.2) is 15.8 Å². The first-order valence-electron chi connectivity index (χ1n) is 39.5. The van der Waals surface area contributed by atoms with Gasteiger partial charge in [-0.3, -0.25) is 0 Å². The van der Waals surface area contributed by atoms with Crippen LogP contribution in [0.2, 0.25) is 0 Å². The summed E-state index contributed by atoms with van der Waals surface area (Å²) in [5.41, 5.74) is 17.3.